The molecule has 10 nitrogen and oxygen atoms in total. The molecule has 0 bridgehead atoms. The van der Waals surface area contributed by atoms with Gasteiger partial charge in [0.1, 0.15) is 11.2 Å². The molecule has 10 heteroatoms. The summed E-state index contributed by atoms with van der Waals surface area (Å²) in [6, 6.07) is 0. The van der Waals surface area contributed by atoms with Crippen molar-refractivity contribution in [2.75, 3.05) is 19.6 Å². The number of carbonyl (C=O) groups excluding carboxylic acids is 2. The van der Waals surface area contributed by atoms with Crippen LogP contribution in [0.25, 0.3) is 10.4 Å². The maximum atomic E-state index is 12.1. The molecule has 0 aromatic rings. The van der Waals surface area contributed by atoms with Gasteiger partial charge in [0.15, 0.2) is 0 Å². The van der Waals surface area contributed by atoms with Crippen LogP contribution in [-0.2, 0) is 9.47 Å². The third-order valence-electron chi connectivity index (χ3n) is 3.09. The average Bonchev–Trinajstić information content (AvgIpc) is 2.91. The van der Waals surface area contributed by atoms with Gasteiger partial charge in [-0.1, -0.05) is 16.8 Å². The van der Waals surface area contributed by atoms with E-state index in [4.69, 9.17) is 15.0 Å². The van der Waals surface area contributed by atoms with Crippen molar-refractivity contribution in [3.8, 4) is 0 Å². The molecule has 1 N–H and O–H groups in total. The maximum absolute atomic E-state index is 12.1. The van der Waals surface area contributed by atoms with Crippen LogP contribution in [0.1, 0.15) is 48.0 Å². The van der Waals surface area contributed by atoms with Crippen LogP contribution >= 0.6 is 0 Å². The van der Waals surface area contributed by atoms with Gasteiger partial charge >= 0.3 is 12.2 Å². The first-order valence-electron chi connectivity index (χ1n) is 8.65. The van der Waals surface area contributed by atoms with Crippen molar-refractivity contribution >= 4 is 18.1 Å². The predicted octanol–water partition coefficient (Wildman–Crippen LogP) is 3.74. The molecule has 1 aliphatic heterocycles. The van der Waals surface area contributed by atoms with Gasteiger partial charge in [0.05, 0.1) is 0 Å². The summed E-state index contributed by atoms with van der Waals surface area (Å²) in [7, 11) is 0. The van der Waals surface area contributed by atoms with Crippen molar-refractivity contribution in [2.24, 2.45) is 10.1 Å². The van der Waals surface area contributed by atoms with Crippen molar-refractivity contribution in [2.45, 2.75) is 59.2 Å². The van der Waals surface area contributed by atoms with Crippen LogP contribution in [0, 0.1) is 0 Å². The Morgan fingerprint density at radius 2 is 1.85 bits per heavy atom. The first kappa shape index (κ1) is 22.3. The van der Waals surface area contributed by atoms with Crippen LogP contribution in [0.15, 0.2) is 21.8 Å². The smallest absolute Gasteiger partial charge is 0.437 e. The standard InChI is InChI=1S/C17H28N6O4/c1-16(2,3)26-14(24)20-13(21-15(25)27-17(4,5)6)23-10-8-12(11-23)7-9-19-22-18/h8H,7,9-11H2,1-6H3,(H,20,21,24,25). The lowest BCUT2D eigenvalue weighted by Crippen LogP contribution is -2.46. The van der Waals surface area contributed by atoms with Crippen molar-refractivity contribution in [1.29, 1.82) is 0 Å². The molecule has 150 valence electrons. The zero-order valence-electron chi connectivity index (χ0n) is 16.8. The van der Waals surface area contributed by atoms with Gasteiger partial charge in [0.25, 0.3) is 0 Å². The van der Waals surface area contributed by atoms with E-state index in [1.165, 1.54) is 0 Å². The third-order valence-corrected chi connectivity index (χ3v) is 3.09. The molecule has 0 fully saturated rings. The lowest BCUT2D eigenvalue weighted by Gasteiger charge is -2.24. The Morgan fingerprint density at radius 1 is 1.22 bits per heavy atom. The quantitative estimate of drug-likeness (QED) is 0.199. The van der Waals surface area contributed by atoms with Gasteiger partial charge in [-0.05, 0) is 53.5 Å². The number of alkyl carbamates (subject to hydrolysis) is 1. The normalized spacial score (nSPS) is 15.0. The summed E-state index contributed by atoms with van der Waals surface area (Å²) in [5, 5.41) is 6.03. The molecule has 0 radical (unpaired) electrons. The van der Waals surface area contributed by atoms with Crippen molar-refractivity contribution < 1.29 is 19.1 Å². The van der Waals surface area contributed by atoms with E-state index in [-0.39, 0.29) is 5.96 Å². The average molecular weight is 380 g/mol. The lowest BCUT2D eigenvalue weighted by molar-refractivity contribution is 0.0555. The number of aliphatic imine (C=N–C) groups is 1. The number of nitrogens with zero attached hydrogens (tertiary/aromatic N) is 5. The topological polar surface area (TPSA) is 129 Å². The van der Waals surface area contributed by atoms with Crippen LogP contribution in [0.5, 0.6) is 0 Å². The zero-order chi connectivity index (χ0) is 20.7. The number of carbonyl (C=O) groups is 2. The van der Waals surface area contributed by atoms with Gasteiger partial charge in [-0.15, -0.1) is 4.99 Å². The monoisotopic (exact) mass is 380 g/mol. The highest BCUT2D eigenvalue weighted by atomic mass is 16.6. The molecule has 0 aromatic heterocycles. The minimum Gasteiger partial charge on any atom is -0.444 e. The summed E-state index contributed by atoms with van der Waals surface area (Å²) in [4.78, 5) is 32.5. The Labute approximate surface area is 159 Å². The molecule has 0 aromatic carbocycles. The van der Waals surface area contributed by atoms with Gasteiger partial charge in [0.2, 0.25) is 5.96 Å². The van der Waals surface area contributed by atoms with E-state index in [0.717, 1.165) is 5.57 Å². The highest BCUT2D eigenvalue weighted by molar-refractivity contribution is 5.99. The molecule has 1 heterocycles. The summed E-state index contributed by atoms with van der Waals surface area (Å²) < 4.78 is 10.4. The molecule has 27 heavy (non-hydrogen) atoms. The Kier molecular flexibility index (Phi) is 7.66. The largest absolute Gasteiger partial charge is 0.444 e. The second kappa shape index (κ2) is 9.27. The molecule has 0 atom stereocenters. The molecular weight excluding hydrogens is 352 g/mol. The van der Waals surface area contributed by atoms with Gasteiger partial charge in [-0.2, -0.15) is 0 Å². The van der Waals surface area contributed by atoms with E-state index in [0.29, 0.717) is 26.1 Å². The van der Waals surface area contributed by atoms with Gasteiger partial charge < -0.3 is 14.4 Å². The molecule has 0 aliphatic carbocycles. The van der Waals surface area contributed by atoms with Crippen LogP contribution in [0.2, 0.25) is 0 Å². The number of hydrogen-bond acceptors (Lipinski definition) is 5. The van der Waals surface area contributed by atoms with E-state index >= 15 is 0 Å². The number of azide groups is 1. The second-order valence-corrected chi connectivity index (χ2v) is 7.99. The summed E-state index contributed by atoms with van der Waals surface area (Å²) in [6.07, 6.45) is 1.00. The summed E-state index contributed by atoms with van der Waals surface area (Å²) in [5.41, 5.74) is 7.98. The number of rotatable bonds is 3. The fourth-order valence-corrected chi connectivity index (χ4v) is 2.14. The van der Waals surface area contributed by atoms with Crippen molar-refractivity contribution in [3.05, 3.63) is 22.1 Å². The van der Waals surface area contributed by atoms with Crippen LogP contribution < -0.4 is 5.32 Å². The molecule has 0 unspecified atom stereocenters. The first-order valence-corrected chi connectivity index (χ1v) is 8.65. The van der Waals surface area contributed by atoms with E-state index in [2.05, 4.69) is 20.3 Å². The van der Waals surface area contributed by atoms with Crippen LogP contribution in [0.3, 0.4) is 0 Å². The number of amides is 2. The second-order valence-electron chi connectivity index (χ2n) is 7.99. The Hall–Kier alpha value is -2.74. The summed E-state index contributed by atoms with van der Waals surface area (Å²) >= 11 is 0. The van der Waals surface area contributed by atoms with Crippen molar-refractivity contribution in [3.63, 3.8) is 0 Å². The van der Waals surface area contributed by atoms with E-state index in [9.17, 15) is 9.59 Å². The highest BCUT2D eigenvalue weighted by Crippen LogP contribution is 2.15. The fraction of sp³-hybridized carbons (Fsp3) is 0.706. The van der Waals surface area contributed by atoms with E-state index < -0.39 is 23.4 Å². The van der Waals surface area contributed by atoms with Gasteiger partial charge in [-0.25, -0.2) is 9.59 Å². The Balaban J connectivity index is 2.87. The molecular formula is C17H28N6O4. The Morgan fingerprint density at radius 3 is 2.41 bits per heavy atom. The van der Waals surface area contributed by atoms with Gasteiger partial charge in [0, 0.05) is 24.5 Å². The van der Waals surface area contributed by atoms with E-state index in [1.807, 2.05) is 6.08 Å². The molecule has 0 saturated carbocycles. The lowest BCUT2D eigenvalue weighted by atomic mass is 10.2. The molecule has 0 saturated heterocycles. The minimum absolute atomic E-state index is 0.0496. The van der Waals surface area contributed by atoms with Gasteiger partial charge in [-0.3, -0.25) is 5.32 Å². The van der Waals surface area contributed by atoms with Crippen molar-refractivity contribution in [1.82, 2.24) is 10.2 Å². The summed E-state index contributed by atoms with van der Waals surface area (Å²) in [5.74, 6) is 0.0496. The first-order chi connectivity index (χ1) is 12.4. The number of hydrogen-bond donors (Lipinski definition) is 1. The zero-order valence-corrected chi connectivity index (χ0v) is 16.8. The minimum atomic E-state index is -0.809. The SMILES string of the molecule is CC(C)(C)OC(=O)/N=C(/NC(=O)OC(C)(C)C)N1CC=C(CCN=[N+]=[N-])C1. The number of ether oxygens (including phenoxy) is 2. The highest BCUT2D eigenvalue weighted by Gasteiger charge is 2.25. The van der Waals surface area contributed by atoms with E-state index in [1.54, 1.807) is 46.4 Å². The predicted molar refractivity (Wildman–Crippen MR) is 101 cm³/mol. The summed E-state index contributed by atoms with van der Waals surface area (Å²) in [6.45, 7) is 11.6. The maximum Gasteiger partial charge on any atom is 0.437 e. The van der Waals surface area contributed by atoms with Crippen LogP contribution in [-0.4, -0.2) is 53.9 Å². The Bertz CT molecular complexity index is 666. The molecule has 1 rings (SSSR count). The number of nitrogens with one attached hydrogen (secondary N) is 1. The molecule has 0 spiro atoms. The third kappa shape index (κ3) is 9.50. The number of guanidine groups is 1. The molecule has 2 amide bonds. The molecule has 1 aliphatic rings. The fourth-order valence-electron chi connectivity index (χ4n) is 2.14. The van der Waals surface area contributed by atoms with Crippen LogP contribution in [0.4, 0.5) is 9.59 Å².